The summed E-state index contributed by atoms with van der Waals surface area (Å²) in [5.41, 5.74) is 7.31. The molecule has 0 spiro atoms. The van der Waals surface area contributed by atoms with Gasteiger partial charge in [0.05, 0.1) is 18.6 Å². The molecule has 0 radical (unpaired) electrons. The molecular weight excluding hydrogens is 419 g/mol. The highest BCUT2D eigenvalue weighted by molar-refractivity contribution is 5.51. The van der Waals surface area contributed by atoms with Gasteiger partial charge in [0.2, 0.25) is 0 Å². The minimum Gasteiger partial charge on any atom is -0.493 e. The van der Waals surface area contributed by atoms with Crippen LogP contribution in [0.2, 0.25) is 0 Å². The third kappa shape index (κ3) is 5.13. The Hall–Kier alpha value is -2.85. The third-order valence-electron chi connectivity index (χ3n) is 6.07. The van der Waals surface area contributed by atoms with Crippen molar-refractivity contribution in [3.8, 4) is 29.1 Å². The summed E-state index contributed by atoms with van der Waals surface area (Å²) in [6.45, 7) is 0. The van der Waals surface area contributed by atoms with E-state index in [0.29, 0.717) is 29.9 Å². The molecule has 0 bridgehead atoms. The lowest BCUT2D eigenvalue weighted by Gasteiger charge is -2.43. The summed E-state index contributed by atoms with van der Waals surface area (Å²) in [4.78, 5) is 0. The van der Waals surface area contributed by atoms with Gasteiger partial charge in [0.1, 0.15) is 5.75 Å². The second kappa shape index (κ2) is 8.95. The van der Waals surface area contributed by atoms with Crippen molar-refractivity contribution in [2.24, 2.45) is 5.73 Å². The van der Waals surface area contributed by atoms with Crippen LogP contribution >= 0.6 is 0 Å². The fraction of sp³-hybridized carbons (Fsp3) is 0.440. The van der Waals surface area contributed by atoms with Gasteiger partial charge in [0.25, 0.3) is 0 Å². The number of alkyl halides is 3. The molecule has 0 aliphatic heterocycles. The summed E-state index contributed by atoms with van der Waals surface area (Å²) < 4.78 is 52.7. The molecule has 32 heavy (non-hydrogen) atoms. The highest BCUT2D eigenvalue weighted by Gasteiger charge is 2.43. The zero-order valence-corrected chi connectivity index (χ0v) is 17.9. The van der Waals surface area contributed by atoms with Gasteiger partial charge in [0.15, 0.2) is 11.5 Å². The van der Waals surface area contributed by atoms with E-state index < -0.39 is 11.8 Å². The number of ether oxygens (including phenoxy) is 3. The van der Waals surface area contributed by atoms with Gasteiger partial charge in [0, 0.05) is 11.6 Å². The average molecular weight is 445 g/mol. The van der Waals surface area contributed by atoms with Crippen molar-refractivity contribution < 1.29 is 27.4 Å². The number of rotatable bonds is 5. The summed E-state index contributed by atoms with van der Waals surface area (Å²) in [6, 6.07) is 11.5. The molecule has 2 aromatic carbocycles. The Kier molecular flexibility index (Phi) is 6.25. The summed E-state index contributed by atoms with van der Waals surface area (Å²) >= 11 is 0. The molecule has 2 aliphatic rings. The number of benzene rings is 2. The summed E-state index contributed by atoms with van der Waals surface area (Å²) in [7, 11) is 1.62. The van der Waals surface area contributed by atoms with Crippen molar-refractivity contribution >= 4 is 0 Å². The van der Waals surface area contributed by atoms with Crippen molar-refractivity contribution in [1.29, 1.82) is 0 Å². The zero-order chi connectivity index (χ0) is 22.8. The van der Waals surface area contributed by atoms with Crippen LogP contribution in [0.3, 0.4) is 0 Å². The first-order chi connectivity index (χ1) is 15.3. The molecule has 0 aromatic heterocycles. The van der Waals surface area contributed by atoms with E-state index in [1.54, 1.807) is 7.11 Å². The second-order valence-corrected chi connectivity index (χ2v) is 8.46. The van der Waals surface area contributed by atoms with E-state index in [0.717, 1.165) is 18.4 Å². The lowest BCUT2D eigenvalue weighted by Crippen LogP contribution is -2.48. The van der Waals surface area contributed by atoms with Gasteiger partial charge in [-0.15, -0.1) is 13.2 Å². The van der Waals surface area contributed by atoms with Crippen LogP contribution in [-0.2, 0) is 5.41 Å². The van der Waals surface area contributed by atoms with Crippen molar-refractivity contribution in [3.63, 3.8) is 0 Å². The van der Waals surface area contributed by atoms with Crippen molar-refractivity contribution in [1.82, 2.24) is 0 Å². The molecule has 4 rings (SSSR count). The standard InChI is InChI=1S/C25H26F3NO3/c1-30-22-11-8-18(14-23(22)31-20-4-2-3-5-20)24(15-19(29)16-24)13-12-17-6-9-21(10-7-17)32-25(26,27)28/h6-11,14,19-20H,2-5,15-16,29H2,1H3/t19-,24+. The Labute approximate surface area is 185 Å². The molecule has 0 amide bonds. The Bertz CT molecular complexity index is 996. The Morgan fingerprint density at radius 3 is 2.28 bits per heavy atom. The zero-order valence-electron chi connectivity index (χ0n) is 17.9. The SMILES string of the molecule is COc1ccc([C@]2(C#Cc3ccc(OC(F)(F)F)cc3)C[C@H](N)C2)cc1OC1CCCC1. The number of methoxy groups -OCH3 is 1. The van der Waals surface area contributed by atoms with Crippen molar-refractivity contribution in [2.45, 2.75) is 62.4 Å². The molecule has 7 heteroatoms. The molecule has 2 N–H and O–H groups in total. The Balaban J connectivity index is 1.58. The molecule has 170 valence electrons. The van der Waals surface area contributed by atoms with Gasteiger partial charge < -0.3 is 19.9 Å². The minimum atomic E-state index is -4.72. The predicted octanol–water partition coefficient (Wildman–Crippen LogP) is 5.33. The quantitative estimate of drug-likeness (QED) is 0.633. The molecule has 2 aromatic rings. The Morgan fingerprint density at radius 1 is 1.00 bits per heavy atom. The third-order valence-corrected chi connectivity index (χ3v) is 6.07. The lowest BCUT2D eigenvalue weighted by molar-refractivity contribution is -0.274. The second-order valence-electron chi connectivity index (χ2n) is 8.46. The topological polar surface area (TPSA) is 53.7 Å². The molecule has 4 nitrogen and oxygen atoms in total. The number of hydrogen-bond acceptors (Lipinski definition) is 4. The highest BCUT2D eigenvalue weighted by Crippen LogP contribution is 2.45. The fourth-order valence-corrected chi connectivity index (χ4v) is 4.43. The Morgan fingerprint density at radius 2 is 1.69 bits per heavy atom. The lowest BCUT2D eigenvalue weighted by atomic mass is 9.62. The monoisotopic (exact) mass is 445 g/mol. The molecular formula is C25H26F3NO3. The summed E-state index contributed by atoms with van der Waals surface area (Å²) in [5.74, 6) is 7.57. The van der Waals surface area contributed by atoms with E-state index >= 15 is 0 Å². The van der Waals surface area contributed by atoms with E-state index in [-0.39, 0.29) is 17.9 Å². The van der Waals surface area contributed by atoms with Gasteiger partial charge >= 0.3 is 6.36 Å². The molecule has 2 aliphatic carbocycles. The van der Waals surface area contributed by atoms with Crippen LogP contribution in [0.25, 0.3) is 0 Å². The van der Waals surface area contributed by atoms with Crippen LogP contribution in [0.1, 0.15) is 49.7 Å². The smallest absolute Gasteiger partial charge is 0.493 e. The maximum Gasteiger partial charge on any atom is 0.573 e. The van der Waals surface area contributed by atoms with Crippen molar-refractivity contribution in [3.05, 3.63) is 53.6 Å². The van der Waals surface area contributed by atoms with E-state index in [2.05, 4.69) is 16.6 Å². The first-order valence-corrected chi connectivity index (χ1v) is 10.8. The maximum absolute atomic E-state index is 12.4. The van der Waals surface area contributed by atoms with Crippen LogP contribution in [0.5, 0.6) is 17.2 Å². The highest BCUT2D eigenvalue weighted by atomic mass is 19.4. The maximum atomic E-state index is 12.4. The largest absolute Gasteiger partial charge is 0.573 e. The van der Waals surface area contributed by atoms with Crippen LogP contribution in [0.4, 0.5) is 13.2 Å². The van der Waals surface area contributed by atoms with Gasteiger partial charge in [-0.3, -0.25) is 0 Å². The number of nitrogens with two attached hydrogens (primary N) is 1. The van der Waals surface area contributed by atoms with Crippen LogP contribution in [0.15, 0.2) is 42.5 Å². The van der Waals surface area contributed by atoms with Gasteiger partial charge in [-0.2, -0.15) is 0 Å². The van der Waals surface area contributed by atoms with E-state index in [9.17, 15) is 13.2 Å². The normalized spacial score (nSPS) is 23.1. The summed E-state index contributed by atoms with van der Waals surface area (Å²) in [5, 5.41) is 0. The molecule has 2 fully saturated rings. The predicted molar refractivity (Wildman–Crippen MR) is 115 cm³/mol. The fourth-order valence-electron chi connectivity index (χ4n) is 4.43. The average Bonchev–Trinajstić information content (AvgIpc) is 3.23. The van der Waals surface area contributed by atoms with Crippen LogP contribution < -0.4 is 19.9 Å². The van der Waals surface area contributed by atoms with E-state index in [1.807, 2.05) is 18.2 Å². The molecule has 2 saturated carbocycles. The van der Waals surface area contributed by atoms with Crippen LogP contribution in [0, 0.1) is 11.8 Å². The number of halogens is 3. The minimum absolute atomic E-state index is 0.0492. The first-order valence-electron chi connectivity index (χ1n) is 10.8. The number of hydrogen-bond donors (Lipinski definition) is 1. The van der Waals surface area contributed by atoms with E-state index in [4.69, 9.17) is 15.2 Å². The molecule has 0 saturated heterocycles. The van der Waals surface area contributed by atoms with Crippen LogP contribution in [-0.4, -0.2) is 25.6 Å². The molecule has 0 heterocycles. The first kappa shape index (κ1) is 22.3. The summed E-state index contributed by atoms with van der Waals surface area (Å²) in [6.07, 6.45) is 1.30. The molecule has 0 atom stereocenters. The van der Waals surface area contributed by atoms with Crippen molar-refractivity contribution in [2.75, 3.05) is 7.11 Å². The van der Waals surface area contributed by atoms with Gasteiger partial charge in [-0.1, -0.05) is 17.9 Å². The van der Waals surface area contributed by atoms with E-state index in [1.165, 1.54) is 37.1 Å². The van der Waals surface area contributed by atoms with Gasteiger partial charge in [-0.25, -0.2) is 0 Å². The van der Waals surface area contributed by atoms with Gasteiger partial charge in [-0.05, 0) is 80.5 Å². The molecule has 0 unspecified atom stereocenters.